The van der Waals surface area contributed by atoms with Crippen molar-refractivity contribution in [2.45, 2.75) is 19.8 Å². The molecule has 0 aromatic heterocycles. The van der Waals surface area contributed by atoms with E-state index >= 15 is 0 Å². The number of unbranched alkanes of at least 4 members (excludes halogenated alkanes) is 1. The number of carbonyl (C=O) groups excluding carboxylic acids is 3. The first kappa shape index (κ1) is 20.9. The third kappa shape index (κ3) is 4.43. The van der Waals surface area contributed by atoms with E-state index < -0.39 is 17.8 Å². The third-order valence-corrected chi connectivity index (χ3v) is 4.48. The lowest BCUT2D eigenvalue weighted by atomic mass is 10.1. The summed E-state index contributed by atoms with van der Waals surface area (Å²) >= 11 is 0. The van der Waals surface area contributed by atoms with Crippen LogP contribution in [0.3, 0.4) is 0 Å². The number of nitrogens with one attached hydrogen (secondary N) is 1. The molecule has 3 rings (SSSR count). The van der Waals surface area contributed by atoms with Crippen LogP contribution in [0.2, 0.25) is 0 Å². The zero-order chi connectivity index (χ0) is 21.7. The zero-order valence-corrected chi connectivity index (χ0v) is 16.7. The highest BCUT2D eigenvalue weighted by Crippen LogP contribution is 2.29. The van der Waals surface area contributed by atoms with Gasteiger partial charge in [0.25, 0.3) is 11.8 Å². The molecule has 0 unspecified atom stereocenters. The van der Waals surface area contributed by atoms with Crippen LogP contribution < -0.4 is 19.7 Å². The molecule has 0 saturated carbocycles. The van der Waals surface area contributed by atoms with Crippen LogP contribution in [0.5, 0.6) is 17.2 Å². The SMILES string of the molecule is CCCCOc1ccc(N2C(=O)NC(=O)/C(=C/c3ccc(O)c(OC)c3)C2=O)cc1. The number of carbonyl (C=O) groups is 3. The van der Waals surface area contributed by atoms with Crippen molar-refractivity contribution < 1.29 is 29.0 Å². The standard InChI is InChI=1S/C22H22N2O6/c1-3-4-11-30-16-8-6-15(7-9-16)24-21(27)17(20(26)23-22(24)28)12-14-5-10-18(25)19(13-14)29-2/h5-10,12-13,25H,3-4,11H2,1-2H3,(H,23,26,28)/b17-12-. The molecular formula is C22H22N2O6. The van der Waals surface area contributed by atoms with Crippen LogP contribution in [0.4, 0.5) is 10.5 Å². The number of phenolic OH excluding ortho intramolecular Hbond substituents is 1. The van der Waals surface area contributed by atoms with Crippen molar-refractivity contribution in [3.8, 4) is 17.2 Å². The average Bonchev–Trinajstić information content (AvgIpc) is 2.73. The minimum absolute atomic E-state index is 0.0721. The number of benzene rings is 2. The largest absolute Gasteiger partial charge is 0.504 e. The number of urea groups is 1. The second kappa shape index (κ2) is 9.13. The highest BCUT2D eigenvalue weighted by Gasteiger charge is 2.36. The van der Waals surface area contributed by atoms with E-state index in [0.29, 0.717) is 23.6 Å². The molecule has 0 radical (unpaired) electrons. The van der Waals surface area contributed by atoms with Crippen molar-refractivity contribution in [3.63, 3.8) is 0 Å². The summed E-state index contributed by atoms with van der Waals surface area (Å²) in [5.41, 5.74) is 0.546. The van der Waals surface area contributed by atoms with E-state index in [1.807, 2.05) is 0 Å². The molecule has 2 N–H and O–H groups in total. The second-order valence-corrected chi connectivity index (χ2v) is 6.59. The second-order valence-electron chi connectivity index (χ2n) is 6.59. The predicted octanol–water partition coefficient (Wildman–Crippen LogP) is 3.25. The molecule has 1 aliphatic heterocycles. The predicted molar refractivity (Wildman–Crippen MR) is 111 cm³/mol. The van der Waals surface area contributed by atoms with Gasteiger partial charge in [-0.25, -0.2) is 9.69 Å². The third-order valence-electron chi connectivity index (χ3n) is 4.48. The Labute approximate surface area is 173 Å². The van der Waals surface area contributed by atoms with Gasteiger partial charge in [-0.05, 0) is 54.5 Å². The smallest absolute Gasteiger partial charge is 0.335 e. The molecule has 0 aliphatic carbocycles. The lowest BCUT2D eigenvalue weighted by Gasteiger charge is -2.26. The number of imide groups is 2. The maximum atomic E-state index is 12.9. The lowest BCUT2D eigenvalue weighted by Crippen LogP contribution is -2.54. The van der Waals surface area contributed by atoms with Gasteiger partial charge in [-0.3, -0.25) is 14.9 Å². The van der Waals surface area contributed by atoms with E-state index in [1.54, 1.807) is 24.3 Å². The molecule has 8 nitrogen and oxygen atoms in total. The number of nitrogens with zero attached hydrogens (tertiary/aromatic N) is 1. The van der Waals surface area contributed by atoms with Gasteiger partial charge in [-0.1, -0.05) is 19.4 Å². The maximum absolute atomic E-state index is 12.9. The monoisotopic (exact) mass is 410 g/mol. The van der Waals surface area contributed by atoms with E-state index in [0.717, 1.165) is 17.7 Å². The molecule has 0 spiro atoms. The summed E-state index contributed by atoms with van der Waals surface area (Å²) in [5.74, 6) is -0.805. The van der Waals surface area contributed by atoms with Crippen LogP contribution in [0, 0.1) is 0 Å². The first-order valence-electron chi connectivity index (χ1n) is 9.46. The fraction of sp³-hybridized carbons (Fsp3) is 0.227. The number of rotatable bonds is 7. The molecular weight excluding hydrogens is 388 g/mol. The minimum atomic E-state index is -0.829. The highest BCUT2D eigenvalue weighted by atomic mass is 16.5. The molecule has 30 heavy (non-hydrogen) atoms. The highest BCUT2D eigenvalue weighted by molar-refractivity contribution is 6.39. The molecule has 1 saturated heterocycles. The number of aromatic hydroxyl groups is 1. The molecule has 2 aromatic rings. The minimum Gasteiger partial charge on any atom is -0.504 e. The van der Waals surface area contributed by atoms with Gasteiger partial charge in [-0.2, -0.15) is 0 Å². The Morgan fingerprint density at radius 2 is 1.83 bits per heavy atom. The summed E-state index contributed by atoms with van der Waals surface area (Å²) in [7, 11) is 1.39. The van der Waals surface area contributed by atoms with Crippen LogP contribution in [0.25, 0.3) is 6.08 Å². The number of amides is 4. The fourth-order valence-corrected chi connectivity index (χ4v) is 2.87. The molecule has 0 atom stereocenters. The Morgan fingerprint density at radius 1 is 1.10 bits per heavy atom. The zero-order valence-electron chi connectivity index (χ0n) is 16.7. The Kier molecular flexibility index (Phi) is 6.36. The number of hydrogen-bond acceptors (Lipinski definition) is 6. The Morgan fingerprint density at radius 3 is 2.50 bits per heavy atom. The van der Waals surface area contributed by atoms with Gasteiger partial charge in [0.05, 0.1) is 19.4 Å². The normalized spacial score (nSPS) is 15.3. The van der Waals surface area contributed by atoms with Crippen molar-refractivity contribution in [1.29, 1.82) is 0 Å². The quantitative estimate of drug-likeness (QED) is 0.412. The summed E-state index contributed by atoms with van der Waals surface area (Å²) in [6.07, 6.45) is 3.27. The summed E-state index contributed by atoms with van der Waals surface area (Å²) in [5, 5.41) is 11.9. The first-order valence-corrected chi connectivity index (χ1v) is 9.46. The fourth-order valence-electron chi connectivity index (χ4n) is 2.87. The lowest BCUT2D eigenvalue weighted by molar-refractivity contribution is -0.122. The van der Waals surface area contributed by atoms with E-state index in [9.17, 15) is 19.5 Å². The molecule has 2 aromatic carbocycles. The number of anilines is 1. The Bertz CT molecular complexity index is 997. The van der Waals surface area contributed by atoms with Gasteiger partial charge >= 0.3 is 6.03 Å². The van der Waals surface area contributed by atoms with Crippen molar-refractivity contribution >= 4 is 29.6 Å². The summed E-state index contributed by atoms with van der Waals surface area (Å²) in [4.78, 5) is 38.4. The topological polar surface area (TPSA) is 105 Å². The van der Waals surface area contributed by atoms with Gasteiger partial charge in [0.1, 0.15) is 11.3 Å². The number of phenols is 1. The average molecular weight is 410 g/mol. The van der Waals surface area contributed by atoms with Gasteiger partial charge in [0.2, 0.25) is 0 Å². The van der Waals surface area contributed by atoms with Crippen LogP contribution in [-0.2, 0) is 9.59 Å². The summed E-state index contributed by atoms with van der Waals surface area (Å²) in [6, 6.07) is 10.0. The Hall–Kier alpha value is -3.81. The maximum Gasteiger partial charge on any atom is 0.335 e. The van der Waals surface area contributed by atoms with E-state index in [2.05, 4.69) is 12.2 Å². The van der Waals surface area contributed by atoms with E-state index in [4.69, 9.17) is 9.47 Å². The molecule has 4 amide bonds. The van der Waals surface area contributed by atoms with Gasteiger partial charge < -0.3 is 14.6 Å². The van der Waals surface area contributed by atoms with Crippen molar-refractivity contribution in [1.82, 2.24) is 5.32 Å². The number of hydrogen-bond donors (Lipinski definition) is 2. The van der Waals surface area contributed by atoms with Gasteiger partial charge in [-0.15, -0.1) is 0 Å². The van der Waals surface area contributed by atoms with Crippen LogP contribution >= 0.6 is 0 Å². The van der Waals surface area contributed by atoms with Crippen LogP contribution in [0.15, 0.2) is 48.0 Å². The molecule has 1 fully saturated rings. The Balaban J connectivity index is 1.87. The number of barbiturate groups is 1. The first-order chi connectivity index (χ1) is 14.4. The molecule has 0 bridgehead atoms. The summed E-state index contributed by atoms with van der Waals surface area (Å²) < 4.78 is 10.6. The van der Waals surface area contributed by atoms with Crippen LogP contribution in [-0.4, -0.2) is 36.7 Å². The number of methoxy groups -OCH3 is 1. The molecule has 1 aliphatic rings. The van der Waals surface area contributed by atoms with Crippen molar-refractivity contribution in [2.75, 3.05) is 18.6 Å². The van der Waals surface area contributed by atoms with Crippen LogP contribution in [0.1, 0.15) is 25.3 Å². The van der Waals surface area contributed by atoms with Crippen molar-refractivity contribution in [2.24, 2.45) is 0 Å². The number of ether oxygens (including phenoxy) is 2. The summed E-state index contributed by atoms with van der Waals surface area (Å²) in [6.45, 7) is 2.64. The molecule has 1 heterocycles. The molecule has 8 heteroatoms. The van der Waals surface area contributed by atoms with Gasteiger partial charge in [0, 0.05) is 0 Å². The van der Waals surface area contributed by atoms with E-state index in [-0.39, 0.29) is 17.1 Å². The molecule has 156 valence electrons. The van der Waals surface area contributed by atoms with Crippen molar-refractivity contribution in [3.05, 3.63) is 53.6 Å². The van der Waals surface area contributed by atoms with E-state index in [1.165, 1.54) is 31.4 Å². The van der Waals surface area contributed by atoms with Gasteiger partial charge in [0.15, 0.2) is 11.5 Å².